The van der Waals surface area contributed by atoms with Crippen molar-refractivity contribution >= 4 is 69.8 Å². The predicted molar refractivity (Wildman–Crippen MR) is 153 cm³/mol. The van der Waals surface area contributed by atoms with Gasteiger partial charge in [-0.2, -0.15) is 0 Å². The van der Waals surface area contributed by atoms with Crippen LogP contribution < -0.4 is 16.0 Å². The van der Waals surface area contributed by atoms with Crippen molar-refractivity contribution in [2.45, 2.75) is 6.92 Å². The minimum atomic E-state index is -0.441. The molecular weight excluding hydrogens is 529 g/mol. The van der Waals surface area contributed by atoms with Gasteiger partial charge in [0, 0.05) is 33.6 Å². The van der Waals surface area contributed by atoms with Crippen molar-refractivity contribution in [3.63, 3.8) is 0 Å². The minimum Gasteiger partial charge on any atom is -0.457 e. The van der Waals surface area contributed by atoms with Crippen LogP contribution in [-0.4, -0.2) is 16.9 Å². The van der Waals surface area contributed by atoms with E-state index in [0.717, 1.165) is 5.56 Å². The van der Waals surface area contributed by atoms with Crippen LogP contribution >= 0.6 is 35.4 Å². The maximum Gasteiger partial charge on any atom is 0.255 e. The predicted octanol–water partition coefficient (Wildman–Crippen LogP) is 7.34. The maximum absolute atomic E-state index is 12.6. The van der Waals surface area contributed by atoms with Crippen molar-refractivity contribution in [2.75, 3.05) is 10.6 Å². The molecule has 3 aromatic carbocycles. The molecule has 0 fully saturated rings. The first-order valence-corrected chi connectivity index (χ1v) is 12.3. The van der Waals surface area contributed by atoms with Gasteiger partial charge in [0.1, 0.15) is 11.5 Å². The zero-order valence-corrected chi connectivity index (χ0v) is 21.9. The summed E-state index contributed by atoms with van der Waals surface area (Å²) in [7, 11) is 0. The Morgan fingerprint density at radius 2 is 1.65 bits per heavy atom. The number of hydrogen-bond acceptors (Lipinski definition) is 4. The third kappa shape index (κ3) is 7.07. The van der Waals surface area contributed by atoms with Gasteiger partial charge in [0.15, 0.2) is 5.11 Å². The molecule has 0 aliphatic heterocycles. The van der Waals surface area contributed by atoms with E-state index >= 15 is 0 Å². The highest BCUT2D eigenvalue weighted by Gasteiger charge is 2.10. The standard InChI is InChI=1S/C28H21Cl2N3O3S/c1-17-5-2-3-8-22(17)27(35)31-19-6-4-7-20(16-19)32-28(37)33-26(34)14-11-21-10-13-25(36-21)23-12-9-18(29)15-24(23)30/h2-16H,1H3,(H,31,35)(H2,32,33,34,37)/b14-11+. The van der Waals surface area contributed by atoms with Crippen molar-refractivity contribution in [1.82, 2.24) is 5.32 Å². The largest absolute Gasteiger partial charge is 0.457 e. The van der Waals surface area contributed by atoms with E-state index in [1.54, 1.807) is 60.7 Å². The number of carbonyl (C=O) groups excluding carboxylic acids is 2. The number of amides is 2. The fraction of sp³-hybridized carbons (Fsp3) is 0.0357. The van der Waals surface area contributed by atoms with Gasteiger partial charge in [0.25, 0.3) is 5.91 Å². The molecule has 0 unspecified atom stereocenters. The average molecular weight is 550 g/mol. The molecule has 0 atom stereocenters. The second-order valence-corrected chi connectivity index (χ2v) is 9.20. The lowest BCUT2D eigenvalue weighted by Gasteiger charge is -2.11. The summed E-state index contributed by atoms with van der Waals surface area (Å²) in [6, 6.07) is 22.9. The summed E-state index contributed by atoms with van der Waals surface area (Å²) in [4.78, 5) is 24.9. The number of nitrogens with one attached hydrogen (secondary N) is 3. The zero-order valence-electron chi connectivity index (χ0n) is 19.5. The molecule has 0 saturated carbocycles. The molecule has 37 heavy (non-hydrogen) atoms. The highest BCUT2D eigenvalue weighted by atomic mass is 35.5. The number of furan rings is 1. The van der Waals surface area contributed by atoms with Crippen LogP contribution in [0.1, 0.15) is 21.7 Å². The highest BCUT2D eigenvalue weighted by molar-refractivity contribution is 7.80. The summed E-state index contributed by atoms with van der Waals surface area (Å²) < 4.78 is 5.75. The van der Waals surface area contributed by atoms with E-state index in [4.69, 9.17) is 39.8 Å². The van der Waals surface area contributed by atoms with Gasteiger partial charge < -0.3 is 15.1 Å². The topological polar surface area (TPSA) is 83.4 Å². The third-order valence-corrected chi connectivity index (χ3v) is 5.98. The molecule has 6 nitrogen and oxygen atoms in total. The van der Waals surface area contributed by atoms with Gasteiger partial charge in [-0.1, -0.05) is 47.5 Å². The molecule has 0 aliphatic rings. The molecule has 0 saturated heterocycles. The van der Waals surface area contributed by atoms with Crippen molar-refractivity contribution in [3.05, 3.63) is 112 Å². The molecule has 0 aliphatic carbocycles. The van der Waals surface area contributed by atoms with Gasteiger partial charge >= 0.3 is 0 Å². The molecule has 1 heterocycles. The summed E-state index contributed by atoms with van der Waals surface area (Å²) in [6.45, 7) is 1.88. The Morgan fingerprint density at radius 3 is 2.41 bits per heavy atom. The van der Waals surface area contributed by atoms with E-state index in [0.29, 0.717) is 44.1 Å². The van der Waals surface area contributed by atoms with Crippen molar-refractivity contribution in [1.29, 1.82) is 0 Å². The molecule has 0 bridgehead atoms. The summed E-state index contributed by atoms with van der Waals surface area (Å²) in [5.74, 6) is 0.361. The van der Waals surface area contributed by atoms with Crippen LogP contribution in [0.3, 0.4) is 0 Å². The lowest BCUT2D eigenvalue weighted by Crippen LogP contribution is -2.32. The number of halogens is 2. The van der Waals surface area contributed by atoms with Gasteiger partial charge in [-0.05, 0) is 85.4 Å². The normalized spacial score (nSPS) is 10.8. The number of anilines is 2. The van der Waals surface area contributed by atoms with Gasteiger partial charge in [-0.15, -0.1) is 0 Å². The maximum atomic E-state index is 12.6. The van der Waals surface area contributed by atoms with Gasteiger partial charge in [0.05, 0.1) is 5.02 Å². The summed E-state index contributed by atoms with van der Waals surface area (Å²) in [6.07, 6.45) is 2.83. The summed E-state index contributed by atoms with van der Waals surface area (Å²) in [5, 5.41) is 9.47. The van der Waals surface area contributed by atoms with Crippen LogP contribution in [0.2, 0.25) is 10.0 Å². The van der Waals surface area contributed by atoms with Crippen molar-refractivity contribution < 1.29 is 14.0 Å². The average Bonchev–Trinajstić information content (AvgIpc) is 3.32. The van der Waals surface area contributed by atoms with Crippen LogP contribution in [0.25, 0.3) is 17.4 Å². The van der Waals surface area contributed by atoms with Crippen LogP contribution in [0.5, 0.6) is 0 Å². The van der Waals surface area contributed by atoms with Gasteiger partial charge in [0.2, 0.25) is 5.91 Å². The fourth-order valence-corrected chi connectivity index (χ4v) is 4.17. The molecule has 0 radical (unpaired) electrons. The van der Waals surface area contributed by atoms with Gasteiger partial charge in [-0.25, -0.2) is 0 Å². The second-order valence-electron chi connectivity index (χ2n) is 7.95. The van der Waals surface area contributed by atoms with E-state index in [9.17, 15) is 9.59 Å². The second kappa shape index (κ2) is 11.9. The number of thiocarbonyl (C=S) groups is 1. The van der Waals surface area contributed by atoms with E-state index < -0.39 is 5.91 Å². The lowest BCUT2D eigenvalue weighted by molar-refractivity contribution is -0.115. The fourth-order valence-electron chi connectivity index (χ4n) is 3.45. The van der Waals surface area contributed by atoms with Crippen LogP contribution in [0.15, 0.2) is 89.4 Å². The van der Waals surface area contributed by atoms with Gasteiger partial charge in [-0.3, -0.25) is 14.9 Å². The molecule has 2 amide bonds. The molecular formula is C28H21Cl2N3O3S. The van der Waals surface area contributed by atoms with E-state index in [-0.39, 0.29) is 11.0 Å². The molecule has 186 valence electrons. The Morgan fingerprint density at radius 1 is 0.892 bits per heavy atom. The Bertz CT molecular complexity index is 1510. The van der Waals surface area contributed by atoms with Crippen molar-refractivity contribution in [3.8, 4) is 11.3 Å². The Labute approximate surface area is 229 Å². The monoisotopic (exact) mass is 549 g/mol. The van der Waals surface area contributed by atoms with E-state index in [2.05, 4.69) is 16.0 Å². The molecule has 4 rings (SSSR count). The molecule has 3 N–H and O–H groups in total. The first-order chi connectivity index (χ1) is 17.8. The lowest BCUT2D eigenvalue weighted by atomic mass is 10.1. The van der Waals surface area contributed by atoms with E-state index in [1.807, 2.05) is 25.1 Å². The summed E-state index contributed by atoms with van der Waals surface area (Å²) >= 11 is 17.4. The molecule has 1 aromatic heterocycles. The Hall–Kier alpha value is -3.91. The zero-order chi connectivity index (χ0) is 26.4. The molecule has 9 heteroatoms. The van der Waals surface area contributed by atoms with E-state index in [1.165, 1.54) is 12.2 Å². The number of aryl methyl sites for hydroxylation is 1. The quantitative estimate of drug-likeness (QED) is 0.173. The SMILES string of the molecule is Cc1ccccc1C(=O)Nc1cccc(NC(=S)NC(=O)/C=C/c2ccc(-c3ccc(Cl)cc3Cl)o2)c1. The number of carbonyl (C=O) groups is 2. The minimum absolute atomic E-state index is 0.102. The van der Waals surface area contributed by atoms with Crippen molar-refractivity contribution in [2.24, 2.45) is 0 Å². The molecule has 4 aromatic rings. The first-order valence-electron chi connectivity index (χ1n) is 11.1. The number of rotatable bonds is 6. The summed E-state index contributed by atoms with van der Waals surface area (Å²) in [5.41, 5.74) is 3.35. The Kier molecular flexibility index (Phi) is 8.40. The Balaban J connectivity index is 1.32. The first kappa shape index (κ1) is 26.2. The van der Waals surface area contributed by atoms with Crippen LogP contribution in [0.4, 0.5) is 11.4 Å². The number of hydrogen-bond donors (Lipinski definition) is 3. The van der Waals surface area contributed by atoms with Crippen LogP contribution in [-0.2, 0) is 4.79 Å². The molecule has 0 spiro atoms. The van der Waals surface area contributed by atoms with Crippen LogP contribution in [0, 0.1) is 6.92 Å². The highest BCUT2D eigenvalue weighted by Crippen LogP contribution is 2.31. The number of benzene rings is 3. The third-order valence-electron chi connectivity index (χ3n) is 5.23. The smallest absolute Gasteiger partial charge is 0.255 e.